The number of aromatic carboxylic acids is 1. The number of Topliss-reactive ketones (excluding diaryl/α,β-unsaturated/α-hetero) is 1. The molecule has 3 aromatic carbocycles. The quantitative estimate of drug-likeness (QED) is 0.510. The van der Waals surface area contributed by atoms with Gasteiger partial charge in [-0.1, -0.05) is 48.0 Å². The first kappa shape index (κ1) is 25.0. The molecule has 1 saturated heterocycles. The molecule has 0 saturated carbocycles. The third kappa shape index (κ3) is 5.43. The number of benzene rings is 3. The highest BCUT2D eigenvalue weighted by Gasteiger charge is 2.40. The predicted octanol–water partition coefficient (Wildman–Crippen LogP) is 4.24. The highest BCUT2D eigenvalue weighted by atomic mass is 35.5. The minimum Gasteiger partial charge on any atom is -0.478 e. The fourth-order valence-corrected chi connectivity index (χ4v) is 5.62. The van der Waals surface area contributed by atoms with E-state index in [2.05, 4.69) is 4.72 Å². The molecule has 0 spiro atoms. The Morgan fingerprint density at radius 1 is 1.09 bits per heavy atom. The average Bonchev–Trinajstić information content (AvgIpc) is 2.83. The smallest absolute Gasteiger partial charge is 0.335 e. The van der Waals surface area contributed by atoms with Gasteiger partial charge in [-0.25, -0.2) is 9.18 Å². The maximum Gasteiger partial charge on any atom is 0.335 e. The molecule has 1 aliphatic rings. The number of carbonyl (C=O) groups excluding carboxylic acids is 1. The normalized spacial score (nSPS) is 19.9. The van der Waals surface area contributed by atoms with Crippen LogP contribution in [0, 0.1) is 5.82 Å². The Morgan fingerprint density at radius 3 is 2.46 bits per heavy atom. The zero-order valence-corrected chi connectivity index (χ0v) is 20.2. The largest absolute Gasteiger partial charge is 0.478 e. The molecule has 3 aromatic rings. The molecule has 0 radical (unpaired) electrons. The predicted molar refractivity (Wildman–Crippen MR) is 130 cm³/mol. The number of ketones is 1. The summed E-state index contributed by atoms with van der Waals surface area (Å²) in [5, 5.41) is 9.17. The van der Waals surface area contributed by atoms with Crippen molar-refractivity contribution in [2.45, 2.75) is 24.9 Å². The number of nitrogens with one attached hydrogen (secondary N) is 1. The number of carbonyl (C=O) groups is 2. The van der Waals surface area contributed by atoms with E-state index < -0.39 is 34.1 Å². The SMILES string of the molecule is CN1[C@H](C(=O)Cc2ccc(F)c(Cl)c2)C[C@H](c2cccc(-c3cccc(C(=O)O)c3)c2)NS1(=O)=O. The first-order chi connectivity index (χ1) is 16.5. The van der Waals surface area contributed by atoms with E-state index in [1.165, 1.54) is 31.3 Å². The summed E-state index contributed by atoms with van der Waals surface area (Å²) >= 11 is 5.82. The van der Waals surface area contributed by atoms with Gasteiger partial charge in [0.15, 0.2) is 5.78 Å². The van der Waals surface area contributed by atoms with Gasteiger partial charge in [-0.15, -0.1) is 0 Å². The minimum absolute atomic E-state index is 0.0979. The second-order valence-electron chi connectivity index (χ2n) is 8.35. The van der Waals surface area contributed by atoms with Crippen molar-refractivity contribution in [1.82, 2.24) is 9.03 Å². The molecule has 0 bridgehead atoms. The first-order valence-corrected chi connectivity index (χ1v) is 12.5. The number of nitrogens with zero attached hydrogens (tertiary/aromatic N) is 1. The first-order valence-electron chi connectivity index (χ1n) is 10.7. The van der Waals surface area contributed by atoms with Crippen molar-refractivity contribution in [3.05, 3.63) is 94.3 Å². The van der Waals surface area contributed by atoms with Crippen molar-refractivity contribution in [3.8, 4) is 11.1 Å². The lowest BCUT2D eigenvalue weighted by molar-refractivity contribution is -0.122. The van der Waals surface area contributed by atoms with E-state index in [4.69, 9.17) is 11.6 Å². The van der Waals surface area contributed by atoms with Crippen LogP contribution in [-0.4, -0.2) is 42.7 Å². The van der Waals surface area contributed by atoms with E-state index in [1.807, 2.05) is 0 Å². The van der Waals surface area contributed by atoms with E-state index in [9.17, 15) is 27.5 Å². The Kier molecular flexibility index (Phi) is 7.05. The molecule has 7 nitrogen and oxygen atoms in total. The van der Waals surface area contributed by atoms with Gasteiger partial charge in [0.1, 0.15) is 5.82 Å². The number of carboxylic acid groups (broad SMARTS) is 1. The van der Waals surface area contributed by atoms with Crippen LogP contribution in [-0.2, 0) is 21.4 Å². The van der Waals surface area contributed by atoms with E-state index in [0.717, 1.165) is 4.31 Å². The third-order valence-corrected chi connectivity index (χ3v) is 7.92. The molecule has 2 atom stereocenters. The van der Waals surface area contributed by atoms with Crippen molar-refractivity contribution in [1.29, 1.82) is 0 Å². The lowest BCUT2D eigenvalue weighted by Crippen LogP contribution is -2.55. The summed E-state index contributed by atoms with van der Waals surface area (Å²) in [6, 6.07) is 15.9. The van der Waals surface area contributed by atoms with E-state index in [-0.39, 0.29) is 29.2 Å². The number of carboxylic acids is 1. The van der Waals surface area contributed by atoms with Crippen LogP contribution in [0.5, 0.6) is 0 Å². The Hall–Kier alpha value is -3.11. The van der Waals surface area contributed by atoms with E-state index >= 15 is 0 Å². The average molecular weight is 517 g/mol. The summed E-state index contributed by atoms with van der Waals surface area (Å²) in [5.41, 5.74) is 2.65. The monoisotopic (exact) mass is 516 g/mol. The van der Waals surface area contributed by atoms with Crippen molar-refractivity contribution in [2.75, 3.05) is 7.05 Å². The van der Waals surface area contributed by atoms with Crippen LogP contribution in [0.1, 0.15) is 33.9 Å². The number of rotatable bonds is 6. The number of hydrogen-bond donors (Lipinski definition) is 2. The van der Waals surface area contributed by atoms with Crippen molar-refractivity contribution in [2.24, 2.45) is 0 Å². The summed E-state index contributed by atoms with van der Waals surface area (Å²) in [7, 11) is -2.62. The van der Waals surface area contributed by atoms with Crippen LogP contribution < -0.4 is 4.72 Å². The molecule has 0 aromatic heterocycles. The summed E-state index contributed by atoms with van der Waals surface area (Å²) in [5.74, 6) is -1.98. The van der Waals surface area contributed by atoms with Gasteiger partial charge in [-0.05, 0) is 59.0 Å². The van der Waals surface area contributed by atoms with Crippen LogP contribution in [0.3, 0.4) is 0 Å². The standard InChI is InChI=1S/C25H22ClFN2O5S/c1-29-23(24(30)11-15-8-9-21(27)20(26)10-15)14-22(28-35(29,33)34)18-6-2-4-16(12-18)17-5-3-7-19(13-17)25(31)32/h2-10,12-13,22-23,28H,11,14H2,1H3,(H,31,32)/t22-,23+/m1/s1. The molecule has 35 heavy (non-hydrogen) atoms. The van der Waals surface area contributed by atoms with Crippen LogP contribution in [0.2, 0.25) is 5.02 Å². The van der Waals surface area contributed by atoms with Gasteiger partial charge in [0.2, 0.25) is 0 Å². The molecule has 1 aliphatic heterocycles. The highest BCUT2D eigenvalue weighted by Crippen LogP contribution is 2.31. The molecule has 1 fully saturated rings. The van der Waals surface area contributed by atoms with Gasteiger partial charge >= 0.3 is 5.97 Å². The Labute approximate surface area is 207 Å². The summed E-state index contributed by atoms with van der Waals surface area (Å²) in [6.07, 6.45) is 0.0847. The fraction of sp³-hybridized carbons (Fsp3) is 0.200. The second-order valence-corrected chi connectivity index (χ2v) is 10.5. The van der Waals surface area contributed by atoms with Crippen LogP contribution in [0.25, 0.3) is 11.1 Å². The fourth-order valence-electron chi connectivity index (χ4n) is 4.12. The minimum atomic E-state index is -3.96. The molecular formula is C25H22ClFN2O5S. The van der Waals surface area contributed by atoms with Crippen molar-refractivity contribution in [3.63, 3.8) is 0 Å². The van der Waals surface area contributed by atoms with Crippen molar-refractivity contribution >= 4 is 33.6 Å². The Balaban J connectivity index is 1.61. The van der Waals surface area contributed by atoms with Gasteiger partial charge < -0.3 is 5.11 Å². The third-order valence-electron chi connectivity index (χ3n) is 6.03. The van der Waals surface area contributed by atoms with Gasteiger partial charge in [0.05, 0.1) is 16.6 Å². The topological polar surface area (TPSA) is 104 Å². The van der Waals surface area contributed by atoms with Crippen LogP contribution in [0.15, 0.2) is 66.7 Å². The Morgan fingerprint density at radius 2 is 1.77 bits per heavy atom. The Bertz CT molecular complexity index is 1410. The zero-order valence-electron chi connectivity index (χ0n) is 18.6. The summed E-state index contributed by atoms with van der Waals surface area (Å²) < 4.78 is 42.8. The molecule has 1 heterocycles. The molecule has 0 unspecified atom stereocenters. The molecular weight excluding hydrogens is 495 g/mol. The van der Waals surface area contributed by atoms with Gasteiger partial charge in [-0.2, -0.15) is 17.4 Å². The van der Waals surface area contributed by atoms with Crippen molar-refractivity contribution < 1.29 is 27.5 Å². The molecule has 182 valence electrons. The molecule has 0 aliphatic carbocycles. The lowest BCUT2D eigenvalue weighted by atomic mass is 9.92. The van der Waals surface area contributed by atoms with Crippen LogP contribution in [0.4, 0.5) is 4.39 Å². The van der Waals surface area contributed by atoms with Gasteiger partial charge in [0.25, 0.3) is 10.2 Å². The van der Waals surface area contributed by atoms with Gasteiger partial charge in [0, 0.05) is 19.5 Å². The number of hydrogen-bond acceptors (Lipinski definition) is 4. The lowest BCUT2D eigenvalue weighted by Gasteiger charge is -2.36. The maximum absolute atomic E-state index is 13.5. The maximum atomic E-state index is 13.5. The summed E-state index contributed by atoms with van der Waals surface area (Å²) in [6.45, 7) is 0. The molecule has 10 heteroatoms. The highest BCUT2D eigenvalue weighted by molar-refractivity contribution is 7.87. The van der Waals surface area contributed by atoms with Crippen LogP contribution >= 0.6 is 11.6 Å². The summed E-state index contributed by atoms with van der Waals surface area (Å²) in [4.78, 5) is 24.4. The molecule has 4 rings (SSSR count). The second kappa shape index (κ2) is 9.87. The van der Waals surface area contributed by atoms with E-state index in [1.54, 1.807) is 42.5 Å². The molecule has 2 N–H and O–H groups in total. The zero-order chi connectivity index (χ0) is 25.3. The van der Waals surface area contributed by atoms with Gasteiger partial charge in [-0.3, -0.25) is 4.79 Å². The number of likely N-dealkylation sites (N-methyl/N-ethyl adjacent to an activating group) is 1. The molecule has 0 amide bonds. The number of halogens is 2. The van der Waals surface area contributed by atoms with E-state index in [0.29, 0.717) is 22.3 Å².